The van der Waals surface area contributed by atoms with Crippen molar-refractivity contribution < 1.29 is 18.7 Å². The Bertz CT molecular complexity index is 1460. The molecule has 3 aromatic carbocycles. The number of ether oxygens (including phenoxy) is 2. The van der Waals surface area contributed by atoms with E-state index in [2.05, 4.69) is 10.2 Å². The number of hydrogen-bond donors (Lipinski definition) is 0. The molecule has 184 valence electrons. The van der Waals surface area contributed by atoms with Gasteiger partial charge in [-0.25, -0.2) is 0 Å². The topological polar surface area (TPSA) is 76.6 Å². The summed E-state index contributed by atoms with van der Waals surface area (Å²) >= 11 is 1.26. The van der Waals surface area contributed by atoms with Gasteiger partial charge in [0.15, 0.2) is 5.17 Å². The second kappa shape index (κ2) is 11.5. The Morgan fingerprint density at radius 2 is 1.76 bits per heavy atom. The van der Waals surface area contributed by atoms with Gasteiger partial charge >= 0.3 is 0 Å². The lowest BCUT2D eigenvalue weighted by atomic mass is 10.2. The number of carbonyl (C=O) groups excluding carboxylic acids is 1. The van der Waals surface area contributed by atoms with E-state index in [1.165, 1.54) is 11.8 Å². The first kappa shape index (κ1) is 24.1. The van der Waals surface area contributed by atoms with Crippen LogP contribution in [0.15, 0.2) is 117 Å². The van der Waals surface area contributed by atoms with Gasteiger partial charge in [0, 0.05) is 5.56 Å². The van der Waals surface area contributed by atoms with Gasteiger partial charge < -0.3 is 13.9 Å². The Balaban J connectivity index is 1.41. The summed E-state index contributed by atoms with van der Waals surface area (Å²) < 4.78 is 16.8. The highest BCUT2D eigenvalue weighted by Gasteiger charge is 2.34. The summed E-state index contributed by atoms with van der Waals surface area (Å²) in [5.41, 5.74) is 1.62. The zero-order chi connectivity index (χ0) is 25.5. The summed E-state index contributed by atoms with van der Waals surface area (Å²) in [5, 5.41) is 9.06. The second-order valence-corrected chi connectivity index (χ2v) is 8.95. The Hall–Kier alpha value is -4.56. The van der Waals surface area contributed by atoms with Crippen molar-refractivity contribution in [1.29, 1.82) is 0 Å². The van der Waals surface area contributed by atoms with Crippen LogP contribution in [0.1, 0.15) is 16.9 Å². The number of furan rings is 1. The van der Waals surface area contributed by atoms with Crippen LogP contribution in [0.3, 0.4) is 0 Å². The lowest BCUT2D eigenvalue weighted by Gasteiger charge is -2.12. The number of amidine groups is 1. The maximum Gasteiger partial charge on any atom is 0.267 e. The fraction of sp³-hybridized carbons (Fsp3) is 0.0690. The van der Waals surface area contributed by atoms with Crippen molar-refractivity contribution in [3.63, 3.8) is 0 Å². The quantitative estimate of drug-likeness (QED) is 0.152. The number of thioether (sulfide) groups is 1. The monoisotopic (exact) mass is 509 g/mol. The molecule has 1 aliphatic rings. The van der Waals surface area contributed by atoms with E-state index in [1.807, 2.05) is 91.0 Å². The van der Waals surface area contributed by atoms with Gasteiger partial charge in [-0.2, -0.15) is 5.10 Å². The molecule has 37 heavy (non-hydrogen) atoms. The van der Waals surface area contributed by atoms with Crippen LogP contribution in [-0.2, 0) is 11.3 Å². The molecule has 8 heteroatoms. The SMILES string of the molecule is COc1ccccc1/C=N\N=C1\S/C(=C\c2cccc(Oc3ccccc3)c2)C(=O)N1Cc1ccco1. The van der Waals surface area contributed by atoms with Gasteiger partial charge in [0.2, 0.25) is 0 Å². The van der Waals surface area contributed by atoms with E-state index in [0.29, 0.717) is 27.3 Å². The first-order chi connectivity index (χ1) is 18.2. The number of rotatable bonds is 8. The van der Waals surface area contributed by atoms with Gasteiger partial charge in [-0.3, -0.25) is 9.69 Å². The van der Waals surface area contributed by atoms with E-state index < -0.39 is 0 Å². The van der Waals surface area contributed by atoms with Crippen molar-refractivity contribution in [1.82, 2.24) is 4.90 Å². The van der Waals surface area contributed by atoms with Crippen LogP contribution in [0.25, 0.3) is 6.08 Å². The maximum atomic E-state index is 13.4. The van der Waals surface area contributed by atoms with Crippen LogP contribution in [-0.4, -0.2) is 29.3 Å². The Morgan fingerprint density at radius 3 is 2.57 bits per heavy atom. The third kappa shape index (κ3) is 5.99. The van der Waals surface area contributed by atoms with E-state index >= 15 is 0 Å². The fourth-order valence-electron chi connectivity index (χ4n) is 3.64. The molecule has 1 amide bonds. The molecule has 1 saturated heterocycles. The smallest absolute Gasteiger partial charge is 0.267 e. The van der Waals surface area contributed by atoms with E-state index in [9.17, 15) is 4.79 Å². The average molecular weight is 510 g/mol. The minimum atomic E-state index is -0.179. The van der Waals surface area contributed by atoms with Crippen LogP contribution in [0, 0.1) is 0 Å². The Kier molecular flexibility index (Phi) is 7.47. The standard InChI is InChI=1S/C29H23N3O4S/c1-34-26-15-6-5-10-22(26)19-30-31-29-32(20-25-14-8-16-35-25)28(33)27(37-29)18-21-9-7-13-24(17-21)36-23-11-3-2-4-12-23/h2-19H,20H2,1H3/b27-18-,30-19-,31-29+. The lowest BCUT2D eigenvalue weighted by Crippen LogP contribution is -2.28. The number of amides is 1. The zero-order valence-corrected chi connectivity index (χ0v) is 20.8. The van der Waals surface area contributed by atoms with Crippen LogP contribution >= 0.6 is 11.8 Å². The van der Waals surface area contributed by atoms with Crippen LogP contribution in [0.4, 0.5) is 0 Å². The summed E-state index contributed by atoms with van der Waals surface area (Å²) in [6.07, 6.45) is 5.01. The van der Waals surface area contributed by atoms with Gasteiger partial charge in [-0.15, -0.1) is 5.10 Å². The van der Waals surface area contributed by atoms with E-state index in [0.717, 1.165) is 16.9 Å². The molecule has 2 heterocycles. The first-order valence-electron chi connectivity index (χ1n) is 11.5. The highest BCUT2D eigenvalue weighted by atomic mass is 32.2. The molecule has 7 nitrogen and oxygen atoms in total. The van der Waals surface area contributed by atoms with Gasteiger partial charge in [0.25, 0.3) is 5.91 Å². The van der Waals surface area contributed by atoms with Gasteiger partial charge in [-0.1, -0.05) is 42.5 Å². The van der Waals surface area contributed by atoms with E-state index in [4.69, 9.17) is 13.9 Å². The van der Waals surface area contributed by atoms with Crippen molar-refractivity contribution in [2.75, 3.05) is 7.11 Å². The number of benzene rings is 3. The largest absolute Gasteiger partial charge is 0.496 e. The molecular weight excluding hydrogens is 486 g/mol. The van der Waals surface area contributed by atoms with Crippen molar-refractivity contribution in [3.05, 3.63) is 119 Å². The Labute approximate surface area is 218 Å². The number of nitrogens with zero attached hydrogens (tertiary/aromatic N) is 3. The molecule has 0 bridgehead atoms. The highest BCUT2D eigenvalue weighted by molar-refractivity contribution is 8.18. The van der Waals surface area contributed by atoms with E-state index in [1.54, 1.807) is 30.6 Å². The number of para-hydroxylation sites is 2. The van der Waals surface area contributed by atoms with Crippen molar-refractivity contribution in [3.8, 4) is 17.2 Å². The van der Waals surface area contributed by atoms with Gasteiger partial charge in [0.05, 0.1) is 31.0 Å². The van der Waals surface area contributed by atoms with Gasteiger partial charge in [-0.05, 0) is 71.9 Å². The fourth-order valence-corrected chi connectivity index (χ4v) is 4.57. The molecular formula is C29H23N3O4S. The number of methoxy groups -OCH3 is 1. The van der Waals surface area contributed by atoms with Crippen molar-refractivity contribution in [2.45, 2.75) is 6.54 Å². The normalized spacial score (nSPS) is 15.7. The third-order valence-electron chi connectivity index (χ3n) is 5.40. The second-order valence-electron chi connectivity index (χ2n) is 7.94. The molecule has 0 unspecified atom stereocenters. The minimum absolute atomic E-state index is 0.179. The molecule has 1 fully saturated rings. The minimum Gasteiger partial charge on any atom is -0.496 e. The molecule has 1 aliphatic heterocycles. The van der Waals surface area contributed by atoms with Crippen LogP contribution < -0.4 is 9.47 Å². The van der Waals surface area contributed by atoms with E-state index in [-0.39, 0.29) is 12.5 Å². The number of carbonyl (C=O) groups is 1. The third-order valence-corrected chi connectivity index (χ3v) is 6.39. The summed E-state index contributed by atoms with van der Waals surface area (Å²) in [7, 11) is 1.60. The molecule has 5 rings (SSSR count). The lowest BCUT2D eigenvalue weighted by molar-refractivity contribution is -0.122. The maximum absolute atomic E-state index is 13.4. The number of hydrogen-bond acceptors (Lipinski definition) is 7. The first-order valence-corrected chi connectivity index (χ1v) is 12.3. The summed E-state index contributed by atoms with van der Waals surface area (Å²) in [6.45, 7) is 0.246. The molecule has 0 atom stereocenters. The highest BCUT2D eigenvalue weighted by Crippen LogP contribution is 2.34. The molecule has 0 saturated carbocycles. The van der Waals surface area contributed by atoms with Crippen molar-refractivity contribution in [2.24, 2.45) is 10.2 Å². The summed E-state index contributed by atoms with van der Waals surface area (Å²) in [6, 6.07) is 28.2. The molecule has 4 aromatic rings. The predicted octanol–water partition coefficient (Wildman–Crippen LogP) is 6.59. The zero-order valence-electron chi connectivity index (χ0n) is 20.0. The summed E-state index contributed by atoms with van der Waals surface area (Å²) in [5.74, 6) is 2.58. The molecule has 0 N–H and O–H groups in total. The average Bonchev–Trinajstić information content (AvgIpc) is 3.54. The van der Waals surface area contributed by atoms with Crippen LogP contribution in [0.5, 0.6) is 17.2 Å². The molecule has 1 aromatic heterocycles. The molecule has 0 radical (unpaired) electrons. The van der Waals surface area contributed by atoms with Crippen molar-refractivity contribution >= 4 is 35.1 Å². The van der Waals surface area contributed by atoms with Crippen LogP contribution in [0.2, 0.25) is 0 Å². The predicted molar refractivity (Wildman–Crippen MR) is 146 cm³/mol. The summed E-state index contributed by atoms with van der Waals surface area (Å²) in [4.78, 5) is 15.4. The Morgan fingerprint density at radius 1 is 0.946 bits per heavy atom. The van der Waals surface area contributed by atoms with Gasteiger partial charge in [0.1, 0.15) is 23.0 Å². The molecule has 0 spiro atoms. The molecule has 0 aliphatic carbocycles.